The second-order valence-electron chi connectivity index (χ2n) is 3.36. The highest BCUT2D eigenvalue weighted by Gasteiger charge is 2.26. The zero-order valence-electron chi connectivity index (χ0n) is 9.01. The van der Waals surface area contributed by atoms with E-state index in [1.807, 2.05) is 0 Å². The highest BCUT2D eigenvalue weighted by molar-refractivity contribution is 9.10. The first-order valence-electron chi connectivity index (χ1n) is 4.86. The molecule has 1 atom stereocenters. The van der Waals surface area contributed by atoms with Crippen molar-refractivity contribution in [1.82, 2.24) is 4.72 Å². The van der Waals surface area contributed by atoms with Gasteiger partial charge in [-0.3, -0.25) is 4.79 Å². The van der Waals surface area contributed by atoms with Crippen LogP contribution in [0.5, 0.6) is 0 Å². The van der Waals surface area contributed by atoms with Crippen molar-refractivity contribution >= 4 is 43.3 Å². The minimum Gasteiger partial charge on any atom is -0.480 e. The number of sulfonamides is 1. The molecule has 1 aromatic heterocycles. The minimum absolute atomic E-state index is 0.0971. The molecule has 0 aliphatic carbocycles. The summed E-state index contributed by atoms with van der Waals surface area (Å²) in [5, 5.41) is 10.5. The Morgan fingerprint density at radius 2 is 2.29 bits per heavy atom. The van der Waals surface area contributed by atoms with Crippen LogP contribution in [0.25, 0.3) is 0 Å². The van der Waals surface area contributed by atoms with Gasteiger partial charge < -0.3 is 5.11 Å². The lowest BCUT2D eigenvalue weighted by Crippen LogP contribution is -2.40. The smallest absolute Gasteiger partial charge is 0.321 e. The van der Waals surface area contributed by atoms with Crippen LogP contribution in [-0.4, -0.2) is 25.5 Å². The van der Waals surface area contributed by atoms with Gasteiger partial charge in [-0.05, 0) is 33.8 Å². The maximum absolute atomic E-state index is 11.9. The fraction of sp³-hybridized carbons (Fsp3) is 0.444. The van der Waals surface area contributed by atoms with Crippen molar-refractivity contribution in [2.75, 3.05) is 0 Å². The topological polar surface area (TPSA) is 83.5 Å². The molecule has 96 valence electrons. The Bertz CT molecular complexity index is 497. The van der Waals surface area contributed by atoms with Crippen LogP contribution in [0.1, 0.15) is 19.8 Å². The molecule has 0 aliphatic heterocycles. The zero-order chi connectivity index (χ0) is 13.1. The van der Waals surface area contributed by atoms with Crippen LogP contribution in [0.3, 0.4) is 0 Å². The number of thiophene rings is 1. The molecule has 0 radical (unpaired) electrons. The Labute approximate surface area is 112 Å². The first-order chi connectivity index (χ1) is 7.88. The van der Waals surface area contributed by atoms with Crippen molar-refractivity contribution in [3.63, 3.8) is 0 Å². The van der Waals surface area contributed by atoms with E-state index in [0.717, 1.165) is 11.3 Å². The molecule has 8 heteroatoms. The van der Waals surface area contributed by atoms with E-state index in [-0.39, 0.29) is 10.6 Å². The molecule has 17 heavy (non-hydrogen) atoms. The number of carboxylic acids is 1. The molecule has 0 saturated heterocycles. The SMILES string of the molecule is CCC[C@H](NS(=O)(=O)c1sccc1Br)C(=O)O. The summed E-state index contributed by atoms with van der Waals surface area (Å²) in [6.45, 7) is 1.80. The molecular weight excluding hydrogens is 330 g/mol. The summed E-state index contributed by atoms with van der Waals surface area (Å²) in [4.78, 5) is 10.9. The van der Waals surface area contributed by atoms with Gasteiger partial charge in [-0.2, -0.15) is 4.72 Å². The molecule has 0 aromatic carbocycles. The van der Waals surface area contributed by atoms with E-state index in [0.29, 0.717) is 10.9 Å². The number of nitrogens with one attached hydrogen (secondary N) is 1. The van der Waals surface area contributed by atoms with Crippen LogP contribution in [0, 0.1) is 0 Å². The van der Waals surface area contributed by atoms with Crippen molar-refractivity contribution in [3.8, 4) is 0 Å². The predicted octanol–water partition coefficient (Wildman–Crippen LogP) is 2.04. The predicted molar refractivity (Wildman–Crippen MR) is 68.7 cm³/mol. The second kappa shape index (κ2) is 5.94. The van der Waals surface area contributed by atoms with Gasteiger partial charge in [0.1, 0.15) is 10.3 Å². The van der Waals surface area contributed by atoms with Gasteiger partial charge in [0.2, 0.25) is 0 Å². The third-order valence-electron chi connectivity index (χ3n) is 2.00. The maximum atomic E-state index is 11.9. The van der Waals surface area contributed by atoms with Gasteiger partial charge in [-0.25, -0.2) is 8.42 Å². The van der Waals surface area contributed by atoms with Crippen molar-refractivity contribution in [1.29, 1.82) is 0 Å². The average molecular weight is 342 g/mol. The van der Waals surface area contributed by atoms with Gasteiger partial charge in [0.15, 0.2) is 0 Å². The van der Waals surface area contributed by atoms with Crippen LogP contribution < -0.4 is 4.72 Å². The highest BCUT2D eigenvalue weighted by atomic mass is 79.9. The van der Waals surface area contributed by atoms with Crippen molar-refractivity contribution in [2.24, 2.45) is 0 Å². The summed E-state index contributed by atoms with van der Waals surface area (Å²) in [5.41, 5.74) is 0. The Kier molecular flexibility index (Phi) is 5.11. The number of halogens is 1. The summed E-state index contributed by atoms with van der Waals surface area (Å²) in [6.07, 6.45) is 0.850. The average Bonchev–Trinajstić information content (AvgIpc) is 2.64. The Morgan fingerprint density at radius 1 is 1.65 bits per heavy atom. The molecule has 0 aliphatic rings. The van der Waals surface area contributed by atoms with Crippen molar-refractivity contribution < 1.29 is 18.3 Å². The highest BCUT2D eigenvalue weighted by Crippen LogP contribution is 2.27. The van der Waals surface area contributed by atoms with E-state index in [4.69, 9.17) is 5.11 Å². The number of carboxylic acid groups (broad SMARTS) is 1. The Balaban J connectivity index is 2.93. The first kappa shape index (κ1) is 14.6. The molecule has 0 saturated carbocycles. The van der Waals surface area contributed by atoms with Crippen LogP contribution in [0.4, 0.5) is 0 Å². The van der Waals surface area contributed by atoms with E-state index in [2.05, 4.69) is 20.7 Å². The standard InChI is InChI=1S/C9H12BrNO4S2/c1-2-3-7(8(12)13)11-17(14,15)9-6(10)4-5-16-9/h4-5,7,11H,2-3H2,1H3,(H,12,13)/t7-/m0/s1. The number of hydrogen-bond acceptors (Lipinski definition) is 4. The first-order valence-corrected chi connectivity index (χ1v) is 8.02. The summed E-state index contributed by atoms with van der Waals surface area (Å²) in [5.74, 6) is -1.16. The maximum Gasteiger partial charge on any atom is 0.321 e. The van der Waals surface area contributed by atoms with Crippen molar-refractivity contribution in [3.05, 3.63) is 15.9 Å². The quantitative estimate of drug-likeness (QED) is 0.829. The zero-order valence-corrected chi connectivity index (χ0v) is 12.2. The van der Waals surface area contributed by atoms with E-state index in [1.54, 1.807) is 18.4 Å². The van der Waals surface area contributed by atoms with Crippen molar-refractivity contribution in [2.45, 2.75) is 30.0 Å². The number of carbonyl (C=O) groups is 1. The number of rotatable bonds is 6. The third-order valence-corrected chi connectivity index (χ3v) is 6.14. The largest absolute Gasteiger partial charge is 0.480 e. The summed E-state index contributed by atoms with van der Waals surface area (Å²) < 4.78 is 26.5. The molecular formula is C9H12BrNO4S2. The van der Waals surface area contributed by atoms with Gasteiger partial charge in [-0.1, -0.05) is 13.3 Å². The number of hydrogen-bond donors (Lipinski definition) is 2. The Morgan fingerprint density at radius 3 is 2.71 bits per heavy atom. The minimum atomic E-state index is -3.77. The van der Waals surface area contributed by atoms with Gasteiger partial charge in [0.05, 0.1) is 0 Å². The third kappa shape index (κ3) is 3.77. The van der Waals surface area contributed by atoms with Crippen LogP contribution in [0.15, 0.2) is 20.1 Å². The molecule has 0 bridgehead atoms. The molecule has 0 unspecified atom stereocenters. The lowest BCUT2D eigenvalue weighted by molar-refractivity contribution is -0.139. The van der Waals surface area contributed by atoms with Crippen LogP contribution in [0.2, 0.25) is 0 Å². The van der Waals surface area contributed by atoms with E-state index in [1.165, 1.54) is 0 Å². The molecule has 2 N–H and O–H groups in total. The lowest BCUT2D eigenvalue weighted by Gasteiger charge is -2.13. The van der Waals surface area contributed by atoms with Gasteiger partial charge >= 0.3 is 5.97 Å². The molecule has 0 fully saturated rings. The van der Waals surface area contributed by atoms with E-state index in [9.17, 15) is 13.2 Å². The fourth-order valence-electron chi connectivity index (χ4n) is 1.23. The molecule has 1 rings (SSSR count). The van der Waals surface area contributed by atoms with Gasteiger partial charge in [0.25, 0.3) is 10.0 Å². The molecule has 0 spiro atoms. The summed E-state index contributed by atoms with van der Waals surface area (Å²) in [7, 11) is -3.77. The number of aliphatic carboxylic acids is 1. The fourth-order valence-corrected chi connectivity index (χ4v) is 4.81. The second-order valence-corrected chi connectivity index (χ2v) is 7.04. The van der Waals surface area contributed by atoms with Gasteiger partial charge in [0, 0.05) is 4.47 Å². The molecule has 5 nitrogen and oxygen atoms in total. The molecule has 1 aromatic rings. The monoisotopic (exact) mass is 341 g/mol. The Hall–Kier alpha value is -0.440. The normalized spacial score (nSPS) is 13.5. The summed E-state index contributed by atoms with van der Waals surface area (Å²) >= 11 is 4.15. The summed E-state index contributed by atoms with van der Waals surface area (Å²) in [6, 6.07) is 0.522. The van der Waals surface area contributed by atoms with Crippen LogP contribution >= 0.6 is 27.3 Å². The van der Waals surface area contributed by atoms with E-state index < -0.39 is 22.0 Å². The lowest BCUT2D eigenvalue weighted by atomic mass is 10.2. The molecule has 0 amide bonds. The molecule has 1 heterocycles. The van der Waals surface area contributed by atoms with E-state index >= 15 is 0 Å². The van der Waals surface area contributed by atoms with Crippen LogP contribution in [-0.2, 0) is 14.8 Å². The van der Waals surface area contributed by atoms with Gasteiger partial charge in [-0.15, -0.1) is 11.3 Å².